The minimum Gasteiger partial charge on any atom is -0.464 e. The third kappa shape index (κ3) is 4.96. The number of aromatic nitrogens is 1. The lowest BCUT2D eigenvalue weighted by Crippen LogP contribution is -2.29. The van der Waals surface area contributed by atoms with Gasteiger partial charge in [0.25, 0.3) is 0 Å². The van der Waals surface area contributed by atoms with Crippen LogP contribution in [-0.2, 0) is 20.8 Å². The summed E-state index contributed by atoms with van der Waals surface area (Å²) in [6.07, 6.45) is 0.769. The summed E-state index contributed by atoms with van der Waals surface area (Å²) in [7, 11) is 2.94. The van der Waals surface area contributed by atoms with Crippen molar-refractivity contribution < 1.29 is 19.1 Å². The Hall–Kier alpha value is -1.47. The van der Waals surface area contributed by atoms with Crippen molar-refractivity contribution >= 4 is 23.2 Å². The second kappa shape index (κ2) is 7.85. The average Bonchev–Trinajstić information content (AvgIpc) is 2.85. The molecule has 0 N–H and O–H groups in total. The number of carbonyl (C=O) groups is 2. The molecule has 0 saturated heterocycles. The van der Waals surface area contributed by atoms with Gasteiger partial charge < -0.3 is 14.4 Å². The van der Waals surface area contributed by atoms with Gasteiger partial charge in [-0.05, 0) is 6.42 Å². The minimum atomic E-state index is -0.462. The van der Waals surface area contributed by atoms with Gasteiger partial charge in [0, 0.05) is 32.6 Å². The molecule has 6 nitrogen and oxygen atoms in total. The molecular weight excluding hydrogens is 268 g/mol. The Morgan fingerprint density at radius 1 is 1.42 bits per heavy atom. The van der Waals surface area contributed by atoms with Crippen molar-refractivity contribution in [2.45, 2.75) is 19.9 Å². The largest absolute Gasteiger partial charge is 0.464 e. The van der Waals surface area contributed by atoms with Crippen LogP contribution in [0.4, 0.5) is 0 Å². The van der Waals surface area contributed by atoms with Crippen molar-refractivity contribution in [1.82, 2.24) is 9.88 Å². The number of rotatable bonds is 7. The molecule has 1 aromatic heterocycles. The molecule has 0 bridgehead atoms. The number of hydrogen-bond acceptors (Lipinski definition) is 6. The van der Waals surface area contributed by atoms with Crippen molar-refractivity contribution in [1.29, 1.82) is 0 Å². The lowest BCUT2D eigenvalue weighted by molar-refractivity contribution is -0.129. The van der Waals surface area contributed by atoms with Crippen LogP contribution in [0.5, 0.6) is 0 Å². The topological polar surface area (TPSA) is 68.7 Å². The van der Waals surface area contributed by atoms with Crippen LogP contribution in [0.15, 0.2) is 5.38 Å². The van der Waals surface area contributed by atoms with Crippen LogP contribution in [0.2, 0.25) is 0 Å². The van der Waals surface area contributed by atoms with Gasteiger partial charge in [0.15, 0.2) is 5.69 Å². The zero-order valence-electron chi connectivity index (χ0n) is 11.3. The Labute approximate surface area is 116 Å². The summed E-state index contributed by atoms with van der Waals surface area (Å²) >= 11 is 1.34. The standard InChI is InChI=1S/C12H18N2O4S/c1-9(15)14(5-4-6-17-2)7-11-13-10(8-19-11)12(16)18-3/h8H,4-7H2,1-3H3. The first kappa shape index (κ1) is 15.6. The summed E-state index contributed by atoms with van der Waals surface area (Å²) in [5, 5.41) is 2.35. The highest BCUT2D eigenvalue weighted by atomic mass is 32.1. The number of hydrogen-bond donors (Lipinski definition) is 0. The van der Waals surface area contributed by atoms with Gasteiger partial charge in [-0.3, -0.25) is 4.79 Å². The maximum atomic E-state index is 11.5. The maximum absolute atomic E-state index is 11.5. The number of carbonyl (C=O) groups excluding carboxylic acids is 2. The molecule has 0 fully saturated rings. The molecule has 1 aromatic rings. The minimum absolute atomic E-state index is 0.0223. The van der Waals surface area contributed by atoms with Crippen molar-refractivity contribution in [3.63, 3.8) is 0 Å². The van der Waals surface area contributed by atoms with Crippen LogP contribution in [0.1, 0.15) is 28.8 Å². The molecule has 7 heteroatoms. The van der Waals surface area contributed by atoms with E-state index < -0.39 is 5.97 Å². The normalized spacial score (nSPS) is 10.3. The Kier molecular flexibility index (Phi) is 6.44. The SMILES string of the molecule is COCCCN(Cc1nc(C(=O)OC)cs1)C(C)=O. The van der Waals surface area contributed by atoms with Crippen molar-refractivity contribution in [3.8, 4) is 0 Å². The Balaban J connectivity index is 2.61. The van der Waals surface area contributed by atoms with Crippen LogP contribution in [-0.4, -0.2) is 49.1 Å². The van der Waals surface area contributed by atoms with Gasteiger partial charge >= 0.3 is 5.97 Å². The number of esters is 1. The van der Waals surface area contributed by atoms with Crippen LogP contribution in [0.25, 0.3) is 0 Å². The predicted octanol–water partition coefficient (Wildman–Crippen LogP) is 1.31. The van der Waals surface area contributed by atoms with Crippen LogP contribution >= 0.6 is 11.3 Å². The van der Waals surface area contributed by atoms with Gasteiger partial charge in [-0.15, -0.1) is 11.3 Å². The molecule has 1 amide bonds. The van der Waals surface area contributed by atoms with Gasteiger partial charge in [0.05, 0.1) is 13.7 Å². The summed E-state index contributed by atoms with van der Waals surface area (Å²) < 4.78 is 9.55. The monoisotopic (exact) mass is 286 g/mol. The molecule has 0 aromatic carbocycles. The molecule has 0 radical (unpaired) electrons. The first-order chi connectivity index (χ1) is 9.08. The summed E-state index contributed by atoms with van der Waals surface area (Å²) in [5.74, 6) is -0.484. The molecule has 0 spiro atoms. The zero-order valence-corrected chi connectivity index (χ0v) is 12.2. The molecule has 106 valence electrons. The highest BCUT2D eigenvalue weighted by Crippen LogP contribution is 2.13. The van der Waals surface area contributed by atoms with E-state index in [9.17, 15) is 9.59 Å². The molecule has 19 heavy (non-hydrogen) atoms. The second-order valence-electron chi connectivity index (χ2n) is 3.90. The summed E-state index contributed by atoms with van der Waals surface area (Å²) in [6.45, 7) is 3.13. The fraction of sp³-hybridized carbons (Fsp3) is 0.583. The smallest absolute Gasteiger partial charge is 0.357 e. The van der Waals surface area contributed by atoms with Gasteiger partial charge in [-0.25, -0.2) is 9.78 Å². The second-order valence-corrected chi connectivity index (χ2v) is 4.85. The van der Waals surface area contributed by atoms with Crippen molar-refractivity contribution in [3.05, 3.63) is 16.1 Å². The van der Waals surface area contributed by atoms with Gasteiger partial charge in [-0.2, -0.15) is 0 Å². The number of amides is 1. The summed E-state index contributed by atoms with van der Waals surface area (Å²) in [5.41, 5.74) is 0.280. The molecule has 0 saturated carbocycles. The van der Waals surface area contributed by atoms with E-state index in [4.69, 9.17) is 4.74 Å². The van der Waals surface area contributed by atoms with Gasteiger partial charge in [-0.1, -0.05) is 0 Å². The molecule has 0 atom stereocenters. The number of nitrogens with zero attached hydrogens (tertiary/aromatic N) is 2. The lowest BCUT2D eigenvalue weighted by Gasteiger charge is -2.19. The van der Waals surface area contributed by atoms with E-state index in [2.05, 4.69) is 9.72 Å². The van der Waals surface area contributed by atoms with E-state index in [1.165, 1.54) is 25.4 Å². The number of methoxy groups -OCH3 is 2. The Bertz CT molecular complexity index is 433. The van der Waals surface area contributed by atoms with Crippen LogP contribution in [0, 0.1) is 0 Å². The van der Waals surface area contributed by atoms with E-state index in [-0.39, 0.29) is 11.6 Å². The Morgan fingerprint density at radius 3 is 2.74 bits per heavy atom. The van der Waals surface area contributed by atoms with E-state index in [1.54, 1.807) is 17.4 Å². The molecular formula is C12H18N2O4S. The van der Waals surface area contributed by atoms with Gasteiger partial charge in [0.1, 0.15) is 5.01 Å². The van der Waals surface area contributed by atoms with Crippen LogP contribution < -0.4 is 0 Å². The zero-order chi connectivity index (χ0) is 14.3. The first-order valence-corrected chi connectivity index (χ1v) is 6.73. The molecule has 0 aliphatic rings. The fourth-order valence-electron chi connectivity index (χ4n) is 1.49. The Morgan fingerprint density at radius 2 is 2.16 bits per heavy atom. The summed E-state index contributed by atoms with van der Waals surface area (Å²) in [6, 6.07) is 0. The average molecular weight is 286 g/mol. The van der Waals surface area contributed by atoms with Crippen molar-refractivity contribution in [2.24, 2.45) is 0 Å². The first-order valence-electron chi connectivity index (χ1n) is 5.85. The highest BCUT2D eigenvalue weighted by Gasteiger charge is 2.14. The molecule has 0 aliphatic carbocycles. The molecule has 0 aliphatic heterocycles. The predicted molar refractivity (Wildman–Crippen MR) is 71.0 cm³/mol. The van der Waals surface area contributed by atoms with E-state index >= 15 is 0 Å². The van der Waals surface area contributed by atoms with Gasteiger partial charge in [0.2, 0.25) is 5.91 Å². The molecule has 0 unspecified atom stereocenters. The van der Waals surface area contributed by atoms with E-state index in [0.29, 0.717) is 24.7 Å². The fourth-order valence-corrected chi connectivity index (χ4v) is 2.27. The third-order valence-corrected chi connectivity index (χ3v) is 3.33. The highest BCUT2D eigenvalue weighted by molar-refractivity contribution is 7.09. The third-order valence-electron chi connectivity index (χ3n) is 2.49. The quantitative estimate of drug-likeness (QED) is 0.558. The van der Waals surface area contributed by atoms with E-state index in [0.717, 1.165) is 6.42 Å². The van der Waals surface area contributed by atoms with Crippen LogP contribution in [0.3, 0.4) is 0 Å². The molecule has 1 heterocycles. The number of ether oxygens (including phenoxy) is 2. The molecule has 1 rings (SSSR count). The van der Waals surface area contributed by atoms with E-state index in [1.807, 2.05) is 0 Å². The lowest BCUT2D eigenvalue weighted by atomic mass is 10.3. The number of thiazole rings is 1. The maximum Gasteiger partial charge on any atom is 0.357 e. The summed E-state index contributed by atoms with van der Waals surface area (Å²) in [4.78, 5) is 28.6. The van der Waals surface area contributed by atoms with Crippen molar-refractivity contribution in [2.75, 3.05) is 27.4 Å².